The summed E-state index contributed by atoms with van der Waals surface area (Å²) in [6, 6.07) is 6.74. The predicted molar refractivity (Wildman–Crippen MR) is 129 cm³/mol. The number of hydrogen-bond acceptors (Lipinski definition) is 0. The second kappa shape index (κ2) is 10.3. The van der Waals surface area contributed by atoms with Crippen LogP contribution in [0.2, 0.25) is 0 Å². The molecule has 3 unspecified atom stereocenters. The normalized spacial score (nSPS) is 27.0. The molecule has 1 saturated carbocycles. The number of benzene rings is 1. The fourth-order valence-corrected chi connectivity index (χ4v) is 5.42. The maximum atomic E-state index is 3.89. The van der Waals surface area contributed by atoms with Gasteiger partial charge >= 0.3 is 0 Å². The van der Waals surface area contributed by atoms with E-state index in [1.807, 2.05) is 6.08 Å². The molecule has 0 heteroatoms. The van der Waals surface area contributed by atoms with Crippen molar-refractivity contribution in [3.63, 3.8) is 0 Å². The summed E-state index contributed by atoms with van der Waals surface area (Å²) in [5, 5.41) is 2.62. The van der Waals surface area contributed by atoms with Crippen molar-refractivity contribution in [2.24, 2.45) is 17.8 Å². The Morgan fingerprint density at radius 3 is 2.69 bits per heavy atom. The van der Waals surface area contributed by atoms with Gasteiger partial charge in [-0.05, 0) is 79.7 Å². The van der Waals surface area contributed by atoms with E-state index in [1.54, 1.807) is 16.7 Å². The van der Waals surface area contributed by atoms with Crippen LogP contribution in [0, 0.1) is 24.7 Å². The standard InChI is InChI=1S/C29H40/c1-6-9-27-18-21(3)12-16-26(27)17-15-24-14-13-23(5)29(19-24)28-11-8-10-22(4)25(7-2)20-28/h6,9,12,16-19,22,25,28H,1,7-8,10-11,13-15,20H2,2-5H3/b26-17-,27-9-. The summed E-state index contributed by atoms with van der Waals surface area (Å²) in [7, 11) is 0. The molecule has 0 radical (unpaired) electrons. The van der Waals surface area contributed by atoms with Crippen LogP contribution in [0.5, 0.6) is 0 Å². The molecule has 3 atom stereocenters. The van der Waals surface area contributed by atoms with Gasteiger partial charge in [0.2, 0.25) is 0 Å². The molecule has 156 valence electrons. The van der Waals surface area contributed by atoms with Gasteiger partial charge in [0.05, 0.1) is 0 Å². The summed E-state index contributed by atoms with van der Waals surface area (Å²) in [6.07, 6.45) is 19.5. The number of aryl methyl sites for hydroxylation is 1. The lowest BCUT2D eigenvalue weighted by atomic mass is 9.78. The molecule has 1 aromatic carbocycles. The molecule has 2 aliphatic carbocycles. The van der Waals surface area contributed by atoms with Crippen LogP contribution in [0.1, 0.15) is 77.7 Å². The van der Waals surface area contributed by atoms with Gasteiger partial charge in [-0.25, -0.2) is 0 Å². The second-order valence-corrected chi connectivity index (χ2v) is 9.49. The Bertz CT molecular complexity index is 892. The topological polar surface area (TPSA) is 0 Å². The van der Waals surface area contributed by atoms with Gasteiger partial charge in [0.25, 0.3) is 0 Å². The molecule has 1 fully saturated rings. The van der Waals surface area contributed by atoms with Crippen LogP contribution in [0.3, 0.4) is 0 Å². The van der Waals surface area contributed by atoms with E-state index >= 15 is 0 Å². The van der Waals surface area contributed by atoms with Gasteiger partial charge < -0.3 is 0 Å². The van der Waals surface area contributed by atoms with E-state index < -0.39 is 0 Å². The SMILES string of the molecule is C=C/C=c1/cc(C)cc/c1=C/CC1=CC(C2CCCC(C)C(CC)C2)=C(C)CC1. The predicted octanol–water partition coefficient (Wildman–Crippen LogP) is 7.02. The lowest BCUT2D eigenvalue weighted by Crippen LogP contribution is -2.24. The molecule has 2 aliphatic rings. The molecule has 0 heterocycles. The van der Waals surface area contributed by atoms with Crippen molar-refractivity contribution in [3.8, 4) is 0 Å². The lowest BCUT2D eigenvalue weighted by molar-refractivity contribution is 0.310. The smallest absolute Gasteiger partial charge is 0.0126 e. The Balaban J connectivity index is 1.84. The van der Waals surface area contributed by atoms with Crippen LogP contribution in [0.15, 0.2) is 53.6 Å². The van der Waals surface area contributed by atoms with Crippen molar-refractivity contribution < 1.29 is 0 Å². The van der Waals surface area contributed by atoms with Crippen LogP contribution in [0.25, 0.3) is 12.2 Å². The van der Waals surface area contributed by atoms with Crippen molar-refractivity contribution in [1.29, 1.82) is 0 Å². The van der Waals surface area contributed by atoms with Gasteiger partial charge in [-0.15, -0.1) is 0 Å². The van der Waals surface area contributed by atoms with Crippen molar-refractivity contribution in [2.75, 3.05) is 0 Å². The van der Waals surface area contributed by atoms with Gasteiger partial charge in [-0.1, -0.05) is 98.9 Å². The van der Waals surface area contributed by atoms with E-state index in [-0.39, 0.29) is 0 Å². The molecule has 1 aromatic rings. The van der Waals surface area contributed by atoms with Gasteiger partial charge in [-0.3, -0.25) is 0 Å². The molecular formula is C29H40. The fourth-order valence-electron chi connectivity index (χ4n) is 5.42. The number of allylic oxidation sites excluding steroid dienone is 5. The molecule has 0 aromatic heterocycles. The maximum Gasteiger partial charge on any atom is -0.0126 e. The molecule has 0 N–H and O–H groups in total. The molecule has 3 rings (SSSR count). The van der Waals surface area contributed by atoms with E-state index in [0.29, 0.717) is 0 Å². The van der Waals surface area contributed by atoms with Crippen molar-refractivity contribution in [1.82, 2.24) is 0 Å². The summed E-state index contributed by atoms with van der Waals surface area (Å²) in [5.74, 6) is 2.58. The lowest BCUT2D eigenvalue weighted by Gasteiger charge is -2.27. The molecule has 29 heavy (non-hydrogen) atoms. The van der Waals surface area contributed by atoms with E-state index in [1.165, 1.54) is 60.9 Å². The Morgan fingerprint density at radius 1 is 1.10 bits per heavy atom. The highest BCUT2D eigenvalue weighted by atomic mass is 14.3. The highest BCUT2D eigenvalue weighted by Gasteiger charge is 2.27. The zero-order valence-electron chi connectivity index (χ0n) is 19.1. The van der Waals surface area contributed by atoms with Gasteiger partial charge in [0, 0.05) is 0 Å². The van der Waals surface area contributed by atoms with Crippen molar-refractivity contribution >= 4 is 12.2 Å². The quantitative estimate of drug-likeness (QED) is 0.475. The largest absolute Gasteiger partial charge is 0.0990 e. The minimum absolute atomic E-state index is 0.782. The van der Waals surface area contributed by atoms with Crippen molar-refractivity contribution in [2.45, 2.75) is 79.1 Å². The Labute approximate surface area is 178 Å². The third-order valence-corrected chi connectivity index (χ3v) is 7.37. The van der Waals surface area contributed by atoms with Crippen LogP contribution in [-0.2, 0) is 0 Å². The maximum absolute atomic E-state index is 3.89. The number of hydrogen-bond donors (Lipinski definition) is 0. The summed E-state index contributed by atoms with van der Waals surface area (Å²) >= 11 is 0. The van der Waals surface area contributed by atoms with E-state index in [2.05, 4.69) is 70.7 Å². The highest BCUT2D eigenvalue weighted by molar-refractivity contribution is 5.43. The van der Waals surface area contributed by atoms with Gasteiger partial charge in [0.1, 0.15) is 0 Å². The first-order valence-corrected chi connectivity index (χ1v) is 11.8. The average Bonchev–Trinajstić information content (AvgIpc) is 2.90. The van der Waals surface area contributed by atoms with Gasteiger partial charge in [-0.2, -0.15) is 0 Å². The third-order valence-electron chi connectivity index (χ3n) is 7.37. The first kappa shape index (κ1) is 21.9. The Kier molecular flexibility index (Phi) is 7.76. The van der Waals surface area contributed by atoms with Gasteiger partial charge in [0.15, 0.2) is 0 Å². The Morgan fingerprint density at radius 2 is 1.93 bits per heavy atom. The van der Waals surface area contributed by atoms with E-state index in [0.717, 1.165) is 24.2 Å². The van der Waals surface area contributed by atoms with Crippen LogP contribution < -0.4 is 10.4 Å². The van der Waals surface area contributed by atoms with Crippen LogP contribution in [0.4, 0.5) is 0 Å². The summed E-state index contributed by atoms with van der Waals surface area (Å²) in [6.45, 7) is 13.3. The minimum Gasteiger partial charge on any atom is -0.0990 e. The summed E-state index contributed by atoms with van der Waals surface area (Å²) in [5.41, 5.74) is 6.26. The molecular weight excluding hydrogens is 348 g/mol. The van der Waals surface area contributed by atoms with Crippen molar-refractivity contribution in [3.05, 3.63) is 69.7 Å². The third kappa shape index (κ3) is 5.62. The average molecular weight is 389 g/mol. The van der Waals surface area contributed by atoms with Crippen LogP contribution in [-0.4, -0.2) is 0 Å². The number of rotatable bonds is 5. The summed E-state index contributed by atoms with van der Waals surface area (Å²) < 4.78 is 0. The second-order valence-electron chi connectivity index (χ2n) is 9.49. The molecule has 0 saturated heterocycles. The Hall–Kier alpha value is -1.82. The minimum atomic E-state index is 0.782. The molecule has 0 amide bonds. The zero-order valence-corrected chi connectivity index (χ0v) is 19.1. The first-order valence-electron chi connectivity index (χ1n) is 11.8. The molecule has 0 bridgehead atoms. The van der Waals surface area contributed by atoms with E-state index in [4.69, 9.17) is 0 Å². The zero-order chi connectivity index (χ0) is 20.8. The fraction of sp³-hybridized carbons (Fsp3) is 0.517. The molecule has 0 aliphatic heterocycles. The van der Waals surface area contributed by atoms with E-state index in [9.17, 15) is 0 Å². The molecule has 0 spiro atoms. The highest BCUT2D eigenvalue weighted by Crippen LogP contribution is 2.41. The van der Waals surface area contributed by atoms with Crippen LogP contribution >= 0.6 is 0 Å². The summed E-state index contributed by atoms with van der Waals surface area (Å²) in [4.78, 5) is 0. The molecule has 0 nitrogen and oxygen atoms in total. The monoisotopic (exact) mass is 388 g/mol. The first-order chi connectivity index (χ1) is 14.0.